The molecule has 0 aliphatic heterocycles. The van der Waals surface area contributed by atoms with Gasteiger partial charge in [0.25, 0.3) is 0 Å². The zero-order valence-electron chi connectivity index (χ0n) is 10.9. The lowest BCUT2D eigenvalue weighted by Gasteiger charge is -2.09. The van der Waals surface area contributed by atoms with Crippen LogP contribution in [0.3, 0.4) is 0 Å². The van der Waals surface area contributed by atoms with E-state index in [0.29, 0.717) is 11.3 Å². The highest BCUT2D eigenvalue weighted by molar-refractivity contribution is 9.10. The normalized spacial score (nSPS) is 10.2. The summed E-state index contributed by atoms with van der Waals surface area (Å²) in [5.74, 6) is -0.00913. The van der Waals surface area contributed by atoms with Crippen molar-refractivity contribution in [2.45, 2.75) is 0 Å². The number of benzene rings is 1. The molecule has 0 radical (unpaired) electrons. The summed E-state index contributed by atoms with van der Waals surface area (Å²) in [5.41, 5.74) is 6.59. The van der Waals surface area contributed by atoms with Crippen molar-refractivity contribution in [2.75, 3.05) is 20.0 Å². The number of hydrogen-bond acceptors (Lipinski definition) is 6. The third-order valence-corrected chi connectivity index (χ3v) is 3.09. The zero-order chi connectivity index (χ0) is 14.7. The number of rotatable bonds is 4. The SMILES string of the molecule is COc1cnc(C(=O)c2cc(Br)ccc2N)c(OC)n1. The van der Waals surface area contributed by atoms with Crippen LogP contribution in [0, 0.1) is 0 Å². The van der Waals surface area contributed by atoms with E-state index in [1.165, 1.54) is 20.4 Å². The van der Waals surface area contributed by atoms with Crippen molar-refractivity contribution in [3.8, 4) is 11.8 Å². The number of aromatic nitrogens is 2. The molecule has 0 saturated carbocycles. The summed E-state index contributed by atoms with van der Waals surface area (Å²) in [7, 11) is 2.86. The minimum absolute atomic E-state index is 0.0816. The van der Waals surface area contributed by atoms with Crippen LogP contribution in [-0.2, 0) is 0 Å². The van der Waals surface area contributed by atoms with Gasteiger partial charge < -0.3 is 15.2 Å². The number of ketones is 1. The molecular weight excluding hydrogens is 326 g/mol. The molecule has 1 aromatic heterocycles. The Hall–Kier alpha value is -2.15. The largest absolute Gasteiger partial charge is 0.480 e. The van der Waals surface area contributed by atoms with Crippen molar-refractivity contribution in [1.82, 2.24) is 9.97 Å². The predicted octanol–water partition coefficient (Wildman–Crippen LogP) is 2.07. The van der Waals surface area contributed by atoms with E-state index in [1.807, 2.05) is 0 Å². The van der Waals surface area contributed by atoms with Crippen molar-refractivity contribution in [3.05, 3.63) is 40.1 Å². The third-order valence-electron chi connectivity index (χ3n) is 2.60. The summed E-state index contributed by atoms with van der Waals surface area (Å²) >= 11 is 3.30. The number of halogens is 1. The second-order valence-corrected chi connectivity index (χ2v) is 4.75. The van der Waals surface area contributed by atoms with E-state index < -0.39 is 0 Å². The van der Waals surface area contributed by atoms with Crippen molar-refractivity contribution >= 4 is 27.4 Å². The lowest BCUT2D eigenvalue weighted by atomic mass is 10.1. The number of nitrogens with zero attached hydrogens (tertiary/aromatic N) is 2. The highest BCUT2D eigenvalue weighted by Gasteiger charge is 2.20. The van der Waals surface area contributed by atoms with Crippen molar-refractivity contribution in [2.24, 2.45) is 0 Å². The molecule has 0 amide bonds. The van der Waals surface area contributed by atoms with Gasteiger partial charge in [0.05, 0.1) is 20.4 Å². The van der Waals surface area contributed by atoms with Gasteiger partial charge in [-0.1, -0.05) is 15.9 Å². The van der Waals surface area contributed by atoms with E-state index in [9.17, 15) is 4.79 Å². The molecule has 0 fully saturated rings. The van der Waals surface area contributed by atoms with E-state index in [1.54, 1.807) is 18.2 Å². The monoisotopic (exact) mass is 337 g/mol. The number of anilines is 1. The van der Waals surface area contributed by atoms with E-state index in [4.69, 9.17) is 15.2 Å². The standard InChI is InChI=1S/C13H12BrN3O3/c1-19-10-6-16-11(13(17-10)20-2)12(18)8-5-7(14)3-4-9(8)15/h3-6H,15H2,1-2H3. The average molecular weight is 338 g/mol. The molecule has 104 valence electrons. The van der Waals surface area contributed by atoms with Crippen LogP contribution in [0.1, 0.15) is 16.1 Å². The molecule has 0 saturated heterocycles. The number of nitrogen functional groups attached to an aromatic ring is 1. The van der Waals surface area contributed by atoms with Crippen LogP contribution in [0.4, 0.5) is 5.69 Å². The van der Waals surface area contributed by atoms with Gasteiger partial charge in [0.2, 0.25) is 17.5 Å². The van der Waals surface area contributed by atoms with Crippen LogP contribution >= 0.6 is 15.9 Å². The van der Waals surface area contributed by atoms with Crippen molar-refractivity contribution in [1.29, 1.82) is 0 Å². The van der Waals surface area contributed by atoms with E-state index in [2.05, 4.69) is 25.9 Å². The van der Waals surface area contributed by atoms with Gasteiger partial charge in [0, 0.05) is 15.7 Å². The van der Waals surface area contributed by atoms with Crippen LogP contribution in [0.2, 0.25) is 0 Å². The minimum atomic E-state index is -0.365. The summed E-state index contributed by atoms with van der Waals surface area (Å²) < 4.78 is 10.8. The van der Waals surface area contributed by atoms with Gasteiger partial charge in [-0.2, -0.15) is 4.98 Å². The Morgan fingerprint density at radius 3 is 2.70 bits per heavy atom. The maximum absolute atomic E-state index is 12.5. The van der Waals surface area contributed by atoms with Gasteiger partial charge in [-0.15, -0.1) is 0 Å². The number of ether oxygens (including phenoxy) is 2. The highest BCUT2D eigenvalue weighted by Crippen LogP contribution is 2.25. The summed E-state index contributed by atoms with van der Waals surface area (Å²) in [6, 6.07) is 5.02. The smallest absolute Gasteiger partial charge is 0.247 e. The van der Waals surface area contributed by atoms with Crippen molar-refractivity contribution < 1.29 is 14.3 Å². The van der Waals surface area contributed by atoms with Crippen LogP contribution in [0.15, 0.2) is 28.9 Å². The molecule has 0 unspecified atom stereocenters. The molecule has 20 heavy (non-hydrogen) atoms. The Morgan fingerprint density at radius 2 is 2.05 bits per heavy atom. The Kier molecular flexibility index (Phi) is 4.19. The fourth-order valence-electron chi connectivity index (χ4n) is 1.61. The molecule has 6 nitrogen and oxygen atoms in total. The van der Waals surface area contributed by atoms with Gasteiger partial charge in [-0.3, -0.25) is 4.79 Å². The Bertz CT molecular complexity index is 661. The molecule has 2 N–H and O–H groups in total. The topological polar surface area (TPSA) is 87.3 Å². The molecule has 2 rings (SSSR count). The fraction of sp³-hybridized carbons (Fsp3) is 0.154. The quantitative estimate of drug-likeness (QED) is 0.678. The number of carbonyl (C=O) groups is 1. The lowest BCUT2D eigenvalue weighted by molar-refractivity contribution is 0.103. The van der Waals surface area contributed by atoms with Gasteiger partial charge in [-0.25, -0.2) is 4.98 Å². The molecule has 1 heterocycles. The molecule has 7 heteroatoms. The Balaban J connectivity index is 2.50. The Morgan fingerprint density at radius 1 is 1.30 bits per heavy atom. The zero-order valence-corrected chi connectivity index (χ0v) is 12.5. The van der Waals surface area contributed by atoms with Crippen LogP contribution in [-0.4, -0.2) is 30.0 Å². The number of methoxy groups -OCH3 is 2. The number of hydrogen-bond donors (Lipinski definition) is 1. The van der Waals surface area contributed by atoms with E-state index >= 15 is 0 Å². The molecule has 0 atom stereocenters. The maximum atomic E-state index is 12.5. The van der Waals surface area contributed by atoms with E-state index in [0.717, 1.165) is 4.47 Å². The molecule has 0 spiro atoms. The number of carbonyl (C=O) groups excluding carboxylic acids is 1. The molecule has 1 aromatic carbocycles. The predicted molar refractivity (Wildman–Crippen MR) is 77.1 cm³/mol. The van der Waals surface area contributed by atoms with Crippen LogP contribution < -0.4 is 15.2 Å². The van der Waals surface area contributed by atoms with Gasteiger partial charge in [-0.05, 0) is 18.2 Å². The first-order valence-corrected chi connectivity index (χ1v) is 6.41. The first kappa shape index (κ1) is 14.3. The van der Waals surface area contributed by atoms with Crippen LogP contribution in [0.25, 0.3) is 0 Å². The minimum Gasteiger partial charge on any atom is -0.480 e. The molecule has 0 bridgehead atoms. The summed E-state index contributed by atoms with van der Waals surface area (Å²) in [6.45, 7) is 0. The molecular formula is C13H12BrN3O3. The second kappa shape index (κ2) is 5.87. The second-order valence-electron chi connectivity index (χ2n) is 3.83. The summed E-state index contributed by atoms with van der Waals surface area (Å²) in [6.07, 6.45) is 1.35. The van der Waals surface area contributed by atoms with Gasteiger partial charge >= 0.3 is 0 Å². The first-order chi connectivity index (χ1) is 9.56. The van der Waals surface area contributed by atoms with Crippen LogP contribution in [0.5, 0.6) is 11.8 Å². The summed E-state index contributed by atoms with van der Waals surface area (Å²) in [4.78, 5) is 20.5. The maximum Gasteiger partial charge on any atom is 0.247 e. The third kappa shape index (κ3) is 2.72. The summed E-state index contributed by atoms with van der Waals surface area (Å²) in [5, 5.41) is 0. The first-order valence-electron chi connectivity index (χ1n) is 5.61. The van der Waals surface area contributed by atoms with Gasteiger partial charge in [0.1, 0.15) is 0 Å². The number of nitrogens with two attached hydrogens (primary N) is 1. The lowest BCUT2D eigenvalue weighted by Crippen LogP contribution is -2.10. The average Bonchev–Trinajstić information content (AvgIpc) is 2.48. The Labute approximate surface area is 124 Å². The fourth-order valence-corrected chi connectivity index (χ4v) is 1.97. The highest BCUT2D eigenvalue weighted by atomic mass is 79.9. The van der Waals surface area contributed by atoms with Crippen molar-refractivity contribution in [3.63, 3.8) is 0 Å². The molecule has 0 aliphatic rings. The van der Waals surface area contributed by atoms with Gasteiger partial charge in [0.15, 0.2) is 5.69 Å². The molecule has 2 aromatic rings. The molecule has 0 aliphatic carbocycles. The van der Waals surface area contributed by atoms with E-state index in [-0.39, 0.29) is 23.2 Å².